The number of aromatic hydroxyl groups is 2. The Morgan fingerprint density at radius 1 is 0.562 bits per heavy atom. The van der Waals surface area contributed by atoms with Crippen LogP contribution in [-0.4, -0.2) is 61.8 Å². The maximum absolute atomic E-state index is 11.7. The molecule has 0 saturated carbocycles. The normalized spacial score (nSPS) is 10.6. The van der Waals surface area contributed by atoms with Gasteiger partial charge in [-0.1, -0.05) is 24.3 Å². The third-order valence-corrected chi connectivity index (χ3v) is 4.46. The molecule has 0 atom stereocenters. The Labute approximate surface area is 187 Å². The standard InChI is InChI=1S/C24H30O8/c25-21-7-1-19(2-8-21)5-11-23(27)31-17-15-29-13-14-30-16-18-32-24(28)12-6-20-3-9-22(26)10-4-20/h1-4,7-10,25-26H,5-6,11-18H2. The summed E-state index contributed by atoms with van der Waals surface area (Å²) in [7, 11) is 0. The van der Waals surface area contributed by atoms with Crippen molar-refractivity contribution in [3.63, 3.8) is 0 Å². The van der Waals surface area contributed by atoms with E-state index in [0.717, 1.165) is 11.1 Å². The monoisotopic (exact) mass is 446 g/mol. The number of carbonyl (C=O) groups excluding carboxylic acids is 2. The number of phenolic OH excluding ortho intramolecular Hbond substituents is 2. The molecular weight excluding hydrogens is 416 g/mol. The van der Waals surface area contributed by atoms with Gasteiger partial charge in [0.2, 0.25) is 0 Å². The number of aryl methyl sites for hydroxylation is 2. The summed E-state index contributed by atoms with van der Waals surface area (Å²) in [6.45, 7) is 1.60. The van der Waals surface area contributed by atoms with Crippen molar-refractivity contribution in [2.45, 2.75) is 25.7 Å². The molecule has 32 heavy (non-hydrogen) atoms. The second-order valence-electron chi connectivity index (χ2n) is 7.00. The number of rotatable bonds is 15. The van der Waals surface area contributed by atoms with E-state index in [2.05, 4.69) is 0 Å². The van der Waals surface area contributed by atoms with Crippen LogP contribution in [0.2, 0.25) is 0 Å². The smallest absolute Gasteiger partial charge is 0.306 e. The Hall–Kier alpha value is -3.10. The van der Waals surface area contributed by atoms with Gasteiger partial charge in [0.1, 0.15) is 24.7 Å². The molecule has 2 aromatic rings. The largest absolute Gasteiger partial charge is 0.508 e. The third-order valence-electron chi connectivity index (χ3n) is 4.46. The molecule has 0 unspecified atom stereocenters. The van der Waals surface area contributed by atoms with Gasteiger partial charge in [-0.15, -0.1) is 0 Å². The topological polar surface area (TPSA) is 112 Å². The van der Waals surface area contributed by atoms with Gasteiger partial charge in [0.15, 0.2) is 0 Å². The second kappa shape index (κ2) is 14.8. The summed E-state index contributed by atoms with van der Waals surface area (Å²) in [6.07, 6.45) is 1.63. The highest BCUT2D eigenvalue weighted by Crippen LogP contribution is 2.12. The Morgan fingerprint density at radius 2 is 0.906 bits per heavy atom. The molecule has 174 valence electrons. The van der Waals surface area contributed by atoms with Gasteiger partial charge in [0, 0.05) is 12.8 Å². The molecule has 2 rings (SSSR count). The maximum Gasteiger partial charge on any atom is 0.306 e. The molecule has 0 radical (unpaired) electrons. The van der Waals surface area contributed by atoms with Crippen LogP contribution in [-0.2, 0) is 41.4 Å². The van der Waals surface area contributed by atoms with Crippen molar-refractivity contribution in [1.29, 1.82) is 0 Å². The zero-order chi connectivity index (χ0) is 23.0. The molecule has 8 nitrogen and oxygen atoms in total. The summed E-state index contributed by atoms with van der Waals surface area (Å²) in [4.78, 5) is 23.4. The highest BCUT2D eigenvalue weighted by atomic mass is 16.6. The predicted molar refractivity (Wildman–Crippen MR) is 116 cm³/mol. The second-order valence-corrected chi connectivity index (χ2v) is 7.00. The van der Waals surface area contributed by atoms with Crippen LogP contribution >= 0.6 is 0 Å². The Bertz CT molecular complexity index is 732. The summed E-state index contributed by atoms with van der Waals surface area (Å²) < 4.78 is 20.8. The van der Waals surface area contributed by atoms with Crippen molar-refractivity contribution in [2.75, 3.05) is 39.6 Å². The Balaban J connectivity index is 1.36. The van der Waals surface area contributed by atoms with Gasteiger partial charge in [-0.3, -0.25) is 9.59 Å². The number of hydrogen-bond acceptors (Lipinski definition) is 8. The van der Waals surface area contributed by atoms with E-state index in [-0.39, 0.29) is 62.7 Å². The molecule has 0 heterocycles. The van der Waals surface area contributed by atoms with Crippen LogP contribution in [0.4, 0.5) is 0 Å². The molecule has 2 N–H and O–H groups in total. The van der Waals surface area contributed by atoms with Crippen molar-refractivity contribution in [3.05, 3.63) is 59.7 Å². The van der Waals surface area contributed by atoms with Crippen molar-refractivity contribution < 1.29 is 38.7 Å². The lowest BCUT2D eigenvalue weighted by Crippen LogP contribution is -2.15. The van der Waals surface area contributed by atoms with E-state index in [9.17, 15) is 19.8 Å². The van der Waals surface area contributed by atoms with Crippen LogP contribution in [0.15, 0.2) is 48.5 Å². The fourth-order valence-electron chi connectivity index (χ4n) is 2.71. The molecular formula is C24H30O8. The van der Waals surface area contributed by atoms with Crippen molar-refractivity contribution in [1.82, 2.24) is 0 Å². The third kappa shape index (κ3) is 11.3. The number of benzene rings is 2. The van der Waals surface area contributed by atoms with Crippen LogP contribution in [0.3, 0.4) is 0 Å². The van der Waals surface area contributed by atoms with E-state index >= 15 is 0 Å². The molecule has 0 aliphatic rings. The quantitative estimate of drug-likeness (QED) is 0.317. The Kier molecular flexibility index (Phi) is 11.7. The van der Waals surface area contributed by atoms with Crippen molar-refractivity contribution in [3.8, 4) is 11.5 Å². The van der Waals surface area contributed by atoms with Gasteiger partial charge in [-0.05, 0) is 48.2 Å². The number of ether oxygens (including phenoxy) is 4. The first kappa shape index (κ1) is 25.2. The minimum absolute atomic E-state index is 0.174. The predicted octanol–water partition coefficient (Wildman–Crippen LogP) is 2.78. The molecule has 0 amide bonds. The maximum atomic E-state index is 11.7. The van der Waals surface area contributed by atoms with Crippen molar-refractivity contribution >= 4 is 11.9 Å². The van der Waals surface area contributed by atoms with Gasteiger partial charge in [-0.2, -0.15) is 0 Å². The summed E-state index contributed by atoms with van der Waals surface area (Å²) in [5, 5.41) is 18.5. The molecule has 0 aromatic heterocycles. The van der Waals surface area contributed by atoms with Gasteiger partial charge in [0.25, 0.3) is 0 Å². The summed E-state index contributed by atoms with van der Waals surface area (Å²) in [5.74, 6) is -0.212. The lowest BCUT2D eigenvalue weighted by atomic mass is 10.1. The molecule has 0 saturated heterocycles. The number of phenols is 2. The van der Waals surface area contributed by atoms with E-state index in [0.29, 0.717) is 26.1 Å². The van der Waals surface area contributed by atoms with Crippen LogP contribution in [0.1, 0.15) is 24.0 Å². The van der Waals surface area contributed by atoms with Crippen LogP contribution in [0, 0.1) is 0 Å². The van der Waals surface area contributed by atoms with E-state index in [1.165, 1.54) is 0 Å². The number of hydrogen-bond donors (Lipinski definition) is 2. The van der Waals surface area contributed by atoms with Crippen LogP contribution in [0.25, 0.3) is 0 Å². The first-order valence-corrected chi connectivity index (χ1v) is 10.6. The molecule has 0 bridgehead atoms. The average molecular weight is 446 g/mol. The van der Waals surface area contributed by atoms with Crippen LogP contribution < -0.4 is 0 Å². The lowest BCUT2D eigenvalue weighted by molar-refractivity contribution is -0.146. The van der Waals surface area contributed by atoms with E-state index < -0.39 is 0 Å². The molecule has 2 aromatic carbocycles. The summed E-state index contributed by atoms with van der Waals surface area (Å²) >= 11 is 0. The minimum Gasteiger partial charge on any atom is -0.508 e. The summed E-state index contributed by atoms with van der Waals surface area (Å²) in [5.41, 5.74) is 1.91. The lowest BCUT2D eigenvalue weighted by Gasteiger charge is -2.08. The first-order valence-electron chi connectivity index (χ1n) is 10.6. The first-order chi connectivity index (χ1) is 15.5. The molecule has 0 aliphatic carbocycles. The fraction of sp³-hybridized carbons (Fsp3) is 0.417. The fourth-order valence-corrected chi connectivity index (χ4v) is 2.71. The van der Waals surface area contributed by atoms with Gasteiger partial charge in [-0.25, -0.2) is 0 Å². The van der Waals surface area contributed by atoms with Crippen LogP contribution in [0.5, 0.6) is 11.5 Å². The Morgan fingerprint density at radius 3 is 1.28 bits per heavy atom. The number of carbonyl (C=O) groups is 2. The number of esters is 2. The highest BCUT2D eigenvalue weighted by Gasteiger charge is 2.05. The van der Waals surface area contributed by atoms with E-state index in [4.69, 9.17) is 18.9 Å². The SMILES string of the molecule is O=C(CCc1ccc(O)cc1)OCCOCCOCCOC(=O)CCc1ccc(O)cc1. The van der Waals surface area contributed by atoms with Gasteiger partial charge in [0.05, 0.1) is 26.4 Å². The van der Waals surface area contributed by atoms with E-state index in [1.807, 2.05) is 0 Å². The van der Waals surface area contributed by atoms with E-state index in [1.54, 1.807) is 48.5 Å². The average Bonchev–Trinajstić information content (AvgIpc) is 2.79. The van der Waals surface area contributed by atoms with Crippen molar-refractivity contribution in [2.24, 2.45) is 0 Å². The minimum atomic E-state index is -0.301. The summed E-state index contributed by atoms with van der Waals surface area (Å²) in [6, 6.07) is 13.4. The zero-order valence-corrected chi connectivity index (χ0v) is 18.0. The molecule has 0 fully saturated rings. The zero-order valence-electron chi connectivity index (χ0n) is 18.0. The van der Waals surface area contributed by atoms with Gasteiger partial charge < -0.3 is 29.2 Å². The molecule has 0 aliphatic heterocycles. The highest BCUT2D eigenvalue weighted by molar-refractivity contribution is 5.70. The molecule has 8 heteroatoms. The molecule has 0 spiro atoms. The van der Waals surface area contributed by atoms with Gasteiger partial charge >= 0.3 is 11.9 Å².